The number of rotatable bonds is 6. The summed E-state index contributed by atoms with van der Waals surface area (Å²) in [5, 5.41) is 7.04. The number of aromatic nitrogens is 1. The highest BCUT2D eigenvalue weighted by Gasteiger charge is 2.25. The van der Waals surface area contributed by atoms with Crippen molar-refractivity contribution in [3.8, 4) is 27.9 Å². The van der Waals surface area contributed by atoms with Crippen LogP contribution in [0, 0.1) is 0 Å². The molecule has 0 fully saturated rings. The van der Waals surface area contributed by atoms with E-state index >= 15 is 0 Å². The first-order valence-electron chi connectivity index (χ1n) is 18.8. The zero-order valence-corrected chi connectivity index (χ0v) is 29.9. The van der Waals surface area contributed by atoms with Crippen LogP contribution in [-0.4, -0.2) is 4.57 Å². The highest BCUT2D eigenvalue weighted by molar-refractivity contribution is 6.15. The van der Waals surface area contributed by atoms with Gasteiger partial charge < -0.3 is 13.9 Å². The molecule has 3 nitrogen and oxygen atoms in total. The fourth-order valence-electron chi connectivity index (χ4n) is 8.60. The molecule has 0 saturated carbocycles. The fraction of sp³-hybridized carbons (Fsp3) is 0. The summed E-state index contributed by atoms with van der Waals surface area (Å²) in [5.74, 6) is 0. The number of furan rings is 1. The highest BCUT2D eigenvalue weighted by Crippen LogP contribution is 2.49. The molecule has 0 aliphatic rings. The molecule has 2 heterocycles. The lowest BCUT2D eigenvalue weighted by atomic mass is 9.93. The minimum Gasteiger partial charge on any atom is -0.456 e. The second-order valence-electron chi connectivity index (χ2n) is 14.1. The van der Waals surface area contributed by atoms with Gasteiger partial charge >= 0.3 is 0 Å². The maximum atomic E-state index is 6.50. The molecule has 2 aromatic heterocycles. The summed E-state index contributed by atoms with van der Waals surface area (Å²) in [7, 11) is 0. The third kappa shape index (κ3) is 4.98. The third-order valence-electron chi connectivity index (χ3n) is 11.0. The lowest BCUT2D eigenvalue weighted by Gasteiger charge is -2.30. The maximum absolute atomic E-state index is 6.50. The number of benzene rings is 9. The first-order valence-corrected chi connectivity index (χ1v) is 18.8. The van der Waals surface area contributed by atoms with Crippen LogP contribution in [0.4, 0.5) is 17.1 Å². The molecule has 0 saturated heterocycles. The van der Waals surface area contributed by atoms with Gasteiger partial charge in [0.15, 0.2) is 0 Å². The lowest BCUT2D eigenvalue weighted by molar-refractivity contribution is 0.669. The summed E-state index contributed by atoms with van der Waals surface area (Å²) in [6.45, 7) is 0. The lowest BCUT2D eigenvalue weighted by Crippen LogP contribution is -2.12. The Bertz CT molecular complexity index is 3170. The molecule has 55 heavy (non-hydrogen) atoms. The second kappa shape index (κ2) is 12.6. The Kier molecular flexibility index (Phi) is 7.17. The number of anilines is 3. The number of nitrogens with zero attached hydrogens (tertiary/aromatic N) is 2. The van der Waals surface area contributed by atoms with Crippen molar-refractivity contribution in [2.75, 3.05) is 4.90 Å². The van der Waals surface area contributed by atoms with E-state index in [1.165, 1.54) is 43.7 Å². The summed E-state index contributed by atoms with van der Waals surface area (Å²) in [6, 6.07) is 74.0. The molecule has 11 rings (SSSR count). The van der Waals surface area contributed by atoms with Crippen molar-refractivity contribution < 1.29 is 4.42 Å². The standard InChI is InChI=1S/C52H34N2O/c1-2-16-35(17-3-1)37-19-14-20-38(34-37)53(47-29-15-31-50-52(47)43-25-9-13-30-49(43)55-50)46-28-12-8-24-42(46)51-39-21-5-4-18-36(39)32-33-48(51)54-44-26-10-6-22-40(44)41-23-7-11-27-45(41)54/h1-34H. The summed E-state index contributed by atoms with van der Waals surface area (Å²) in [5.41, 5.74) is 13.0. The van der Waals surface area contributed by atoms with Gasteiger partial charge in [0.1, 0.15) is 11.2 Å². The van der Waals surface area contributed by atoms with Crippen LogP contribution in [0.1, 0.15) is 0 Å². The monoisotopic (exact) mass is 702 g/mol. The van der Waals surface area contributed by atoms with Crippen LogP contribution < -0.4 is 4.90 Å². The van der Waals surface area contributed by atoms with E-state index < -0.39 is 0 Å². The largest absolute Gasteiger partial charge is 0.456 e. The number of fused-ring (bicyclic) bond motifs is 7. The van der Waals surface area contributed by atoms with E-state index in [2.05, 4.69) is 210 Å². The zero-order chi connectivity index (χ0) is 36.3. The van der Waals surface area contributed by atoms with Crippen molar-refractivity contribution in [3.63, 3.8) is 0 Å². The van der Waals surface area contributed by atoms with E-state index in [4.69, 9.17) is 4.42 Å². The topological polar surface area (TPSA) is 21.3 Å². The predicted molar refractivity (Wildman–Crippen MR) is 231 cm³/mol. The van der Waals surface area contributed by atoms with Gasteiger partial charge in [-0.2, -0.15) is 0 Å². The van der Waals surface area contributed by atoms with Crippen LogP contribution in [0.3, 0.4) is 0 Å². The fourth-order valence-corrected chi connectivity index (χ4v) is 8.60. The quantitative estimate of drug-likeness (QED) is 0.172. The highest BCUT2D eigenvalue weighted by atomic mass is 16.3. The maximum Gasteiger partial charge on any atom is 0.137 e. The van der Waals surface area contributed by atoms with Crippen LogP contribution in [0.5, 0.6) is 0 Å². The van der Waals surface area contributed by atoms with Crippen molar-refractivity contribution in [2.45, 2.75) is 0 Å². The Balaban J connectivity index is 1.25. The van der Waals surface area contributed by atoms with E-state index in [-0.39, 0.29) is 0 Å². The first-order chi connectivity index (χ1) is 27.3. The van der Waals surface area contributed by atoms with Crippen LogP contribution in [0.25, 0.3) is 82.5 Å². The van der Waals surface area contributed by atoms with E-state index in [9.17, 15) is 0 Å². The minimum absolute atomic E-state index is 0.858. The predicted octanol–water partition coefficient (Wildman–Crippen LogP) is 14.6. The average molecular weight is 703 g/mol. The SMILES string of the molecule is c1ccc(-c2cccc(N(c3ccccc3-c3c(-n4c5ccccc5c5ccccc54)ccc4ccccc34)c3cccc4oc5ccccc5c34)c2)cc1. The molecule has 0 amide bonds. The number of para-hydroxylation sites is 4. The van der Waals surface area contributed by atoms with Crippen molar-refractivity contribution in [2.24, 2.45) is 0 Å². The smallest absolute Gasteiger partial charge is 0.137 e. The average Bonchev–Trinajstić information content (AvgIpc) is 3.81. The molecule has 258 valence electrons. The zero-order valence-electron chi connectivity index (χ0n) is 29.9. The first kappa shape index (κ1) is 31.2. The molecular weight excluding hydrogens is 669 g/mol. The van der Waals surface area contributed by atoms with Crippen LogP contribution in [-0.2, 0) is 0 Å². The van der Waals surface area contributed by atoms with Crippen LogP contribution in [0.15, 0.2) is 211 Å². The van der Waals surface area contributed by atoms with Gasteiger partial charge in [-0.05, 0) is 76.5 Å². The van der Waals surface area contributed by atoms with E-state index in [0.717, 1.165) is 55.8 Å². The summed E-state index contributed by atoms with van der Waals surface area (Å²) >= 11 is 0. The number of hydrogen-bond acceptors (Lipinski definition) is 2. The molecule has 0 spiro atoms. The van der Waals surface area contributed by atoms with Crippen LogP contribution >= 0.6 is 0 Å². The molecular formula is C52H34N2O. The molecule has 9 aromatic carbocycles. The Morgan fingerprint density at radius 2 is 1.00 bits per heavy atom. The van der Waals surface area contributed by atoms with Gasteiger partial charge in [0.25, 0.3) is 0 Å². The van der Waals surface area contributed by atoms with E-state index in [0.29, 0.717) is 0 Å². The van der Waals surface area contributed by atoms with E-state index in [1.807, 2.05) is 6.07 Å². The van der Waals surface area contributed by atoms with Gasteiger partial charge in [0.05, 0.1) is 33.5 Å². The normalized spacial score (nSPS) is 11.6. The summed E-state index contributed by atoms with van der Waals surface area (Å²) in [4.78, 5) is 2.43. The third-order valence-corrected chi connectivity index (χ3v) is 11.0. The van der Waals surface area contributed by atoms with Gasteiger partial charge in [0, 0.05) is 33.0 Å². The summed E-state index contributed by atoms with van der Waals surface area (Å²) in [6.07, 6.45) is 0. The van der Waals surface area contributed by atoms with Gasteiger partial charge in [-0.1, -0.05) is 152 Å². The van der Waals surface area contributed by atoms with E-state index in [1.54, 1.807) is 0 Å². The molecule has 11 aromatic rings. The Labute approximate surface area is 318 Å². The molecule has 0 radical (unpaired) electrons. The van der Waals surface area contributed by atoms with Crippen molar-refractivity contribution in [3.05, 3.63) is 206 Å². The van der Waals surface area contributed by atoms with Crippen molar-refractivity contribution in [1.29, 1.82) is 0 Å². The van der Waals surface area contributed by atoms with Gasteiger partial charge in [-0.15, -0.1) is 0 Å². The second-order valence-corrected chi connectivity index (χ2v) is 14.1. The Morgan fingerprint density at radius 3 is 1.82 bits per heavy atom. The molecule has 0 unspecified atom stereocenters. The Hall–Kier alpha value is -7.36. The van der Waals surface area contributed by atoms with Gasteiger partial charge in [-0.25, -0.2) is 0 Å². The molecule has 0 aliphatic carbocycles. The van der Waals surface area contributed by atoms with Crippen molar-refractivity contribution in [1.82, 2.24) is 4.57 Å². The van der Waals surface area contributed by atoms with Crippen LogP contribution in [0.2, 0.25) is 0 Å². The number of hydrogen-bond donors (Lipinski definition) is 0. The molecule has 3 heteroatoms. The summed E-state index contributed by atoms with van der Waals surface area (Å²) < 4.78 is 8.95. The molecule has 0 aliphatic heterocycles. The van der Waals surface area contributed by atoms with Crippen molar-refractivity contribution >= 4 is 71.6 Å². The molecule has 0 bridgehead atoms. The Morgan fingerprint density at radius 1 is 0.400 bits per heavy atom. The molecule has 0 N–H and O–H groups in total. The molecule has 0 atom stereocenters. The van der Waals surface area contributed by atoms with Gasteiger partial charge in [-0.3, -0.25) is 0 Å². The van der Waals surface area contributed by atoms with Gasteiger partial charge in [0.2, 0.25) is 0 Å². The minimum atomic E-state index is 0.858.